The van der Waals surface area contributed by atoms with Crippen molar-refractivity contribution in [1.29, 1.82) is 0 Å². The first-order valence-corrected chi connectivity index (χ1v) is 6.88. The van der Waals surface area contributed by atoms with E-state index in [1.54, 1.807) is 12.1 Å². The van der Waals surface area contributed by atoms with Gasteiger partial charge in [-0.05, 0) is 17.7 Å². The largest absolute Gasteiger partial charge is 0.353 e. The number of nitro groups is 1. The zero-order valence-electron chi connectivity index (χ0n) is 10.7. The highest BCUT2D eigenvalue weighted by molar-refractivity contribution is 6.53. The van der Waals surface area contributed by atoms with E-state index in [0.29, 0.717) is 5.56 Å². The minimum atomic E-state index is -1.19. The van der Waals surface area contributed by atoms with Crippen LogP contribution in [0.5, 0.6) is 0 Å². The summed E-state index contributed by atoms with van der Waals surface area (Å²) < 4.78 is 10.6. The maximum Gasteiger partial charge on any atom is 0.269 e. The third-order valence-electron chi connectivity index (χ3n) is 2.95. The van der Waals surface area contributed by atoms with Crippen molar-refractivity contribution in [2.24, 2.45) is 0 Å². The van der Waals surface area contributed by atoms with E-state index in [-0.39, 0.29) is 19.1 Å². The van der Waals surface area contributed by atoms with Crippen molar-refractivity contribution in [1.82, 2.24) is 5.32 Å². The van der Waals surface area contributed by atoms with Gasteiger partial charge >= 0.3 is 0 Å². The molecule has 1 aromatic carbocycles. The van der Waals surface area contributed by atoms with Gasteiger partial charge in [-0.3, -0.25) is 14.9 Å². The molecule has 0 aromatic heterocycles. The van der Waals surface area contributed by atoms with E-state index in [4.69, 9.17) is 32.7 Å². The molecule has 1 heterocycles. The lowest BCUT2D eigenvalue weighted by Crippen LogP contribution is -2.47. The maximum atomic E-state index is 11.6. The number of amides is 1. The zero-order chi connectivity index (χ0) is 15.4. The van der Waals surface area contributed by atoms with E-state index in [2.05, 4.69) is 5.32 Å². The van der Waals surface area contributed by atoms with Crippen molar-refractivity contribution >= 4 is 34.8 Å². The van der Waals surface area contributed by atoms with Crippen LogP contribution in [0.25, 0.3) is 0 Å². The normalized spacial score (nSPS) is 22.0. The molecule has 0 saturated carbocycles. The average Bonchev–Trinajstić information content (AvgIpc) is 2.47. The Labute approximate surface area is 130 Å². The molecule has 1 N–H and O–H groups in total. The lowest BCUT2D eigenvalue weighted by Gasteiger charge is -2.32. The van der Waals surface area contributed by atoms with Gasteiger partial charge in [-0.25, -0.2) is 0 Å². The quantitative estimate of drug-likeness (QED) is 0.516. The summed E-state index contributed by atoms with van der Waals surface area (Å²) in [4.78, 5) is 20.5. The van der Waals surface area contributed by atoms with Gasteiger partial charge in [-0.1, -0.05) is 23.2 Å². The van der Waals surface area contributed by atoms with E-state index in [0.717, 1.165) is 0 Å². The van der Waals surface area contributed by atoms with Crippen molar-refractivity contribution < 1.29 is 19.2 Å². The summed E-state index contributed by atoms with van der Waals surface area (Å²) in [6.45, 7) is 0.299. The molecule has 1 aliphatic heterocycles. The highest BCUT2D eigenvalue weighted by Crippen LogP contribution is 2.27. The van der Waals surface area contributed by atoms with Gasteiger partial charge in [0.2, 0.25) is 0 Å². The number of benzene rings is 1. The summed E-state index contributed by atoms with van der Waals surface area (Å²) in [5.41, 5.74) is 0.669. The molecular weight excluding hydrogens is 323 g/mol. The molecule has 2 atom stereocenters. The standard InChI is InChI=1S/C12H12Cl2N2O5/c13-11(14)12(17)15-9-5-20-6-21-10(9)7-1-3-8(4-2-7)16(18)19/h1-4,9-11H,5-6H2,(H,15,17)/t9-,10-/m1/s1. The average molecular weight is 335 g/mol. The van der Waals surface area contributed by atoms with Crippen LogP contribution in [0.15, 0.2) is 24.3 Å². The number of nitrogens with zero attached hydrogens (tertiary/aromatic N) is 1. The summed E-state index contributed by atoms with van der Waals surface area (Å²) in [5.74, 6) is -0.552. The highest BCUT2D eigenvalue weighted by atomic mass is 35.5. The van der Waals surface area contributed by atoms with Gasteiger partial charge in [-0.15, -0.1) is 0 Å². The topological polar surface area (TPSA) is 90.7 Å². The van der Waals surface area contributed by atoms with Gasteiger partial charge in [0.15, 0.2) is 4.84 Å². The molecule has 0 aliphatic carbocycles. The number of carbonyl (C=O) groups excluding carboxylic acids is 1. The number of halogens is 2. The molecule has 1 aliphatic rings. The Kier molecular flexibility index (Phi) is 5.35. The lowest BCUT2D eigenvalue weighted by atomic mass is 10.0. The van der Waals surface area contributed by atoms with Crippen LogP contribution in [0, 0.1) is 10.1 Å². The number of hydrogen-bond acceptors (Lipinski definition) is 5. The lowest BCUT2D eigenvalue weighted by molar-refractivity contribution is -0.384. The van der Waals surface area contributed by atoms with Crippen LogP contribution in [0.2, 0.25) is 0 Å². The van der Waals surface area contributed by atoms with Crippen molar-refractivity contribution in [3.05, 3.63) is 39.9 Å². The second kappa shape index (κ2) is 7.04. The number of nitrogens with one attached hydrogen (secondary N) is 1. The van der Waals surface area contributed by atoms with Crippen LogP contribution in [0.3, 0.4) is 0 Å². The third-order valence-corrected chi connectivity index (χ3v) is 3.35. The van der Waals surface area contributed by atoms with Crippen LogP contribution in [0.4, 0.5) is 5.69 Å². The molecule has 114 valence electrons. The molecule has 21 heavy (non-hydrogen) atoms. The first kappa shape index (κ1) is 16.0. The van der Waals surface area contributed by atoms with E-state index < -0.39 is 27.8 Å². The smallest absolute Gasteiger partial charge is 0.269 e. The molecule has 9 heteroatoms. The predicted octanol–water partition coefficient (Wildman–Crippen LogP) is 1.93. The van der Waals surface area contributed by atoms with Crippen LogP contribution >= 0.6 is 23.2 Å². The molecule has 1 aromatic rings. The second-order valence-corrected chi connectivity index (χ2v) is 5.44. The molecule has 2 rings (SSSR count). The predicted molar refractivity (Wildman–Crippen MR) is 75.2 cm³/mol. The summed E-state index contributed by atoms with van der Waals surface area (Å²) >= 11 is 11.0. The number of non-ortho nitro benzene ring substituents is 1. The number of alkyl halides is 2. The monoisotopic (exact) mass is 334 g/mol. The van der Waals surface area contributed by atoms with Gasteiger partial charge in [0, 0.05) is 12.1 Å². The summed E-state index contributed by atoms with van der Waals surface area (Å²) in [6.07, 6.45) is -0.490. The van der Waals surface area contributed by atoms with Gasteiger partial charge in [0.25, 0.3) is 11.6 Å². The van der Waals surface area contributed by atoms with Gasteiger partial charge in [0.1, 0.15) is 12.9 Å². The van der Waals surface area contributed by atoms with Crippen molar-refractivity contribution in [3.63, 3.8) is 0 Å². The van der Waals surface area contributed by atoms with Crippen molar-refractivity contribution in [2.45, 2.75) is 17.0 Å². The molecule has 0 unspecified atom stereocenters. The molecule has 0 spiro atoms. The Balaban J connectivity index is 2.14. The Bertz CT molecular complexity index is 523. The van der Waals surface area contributed by atoms with E-state index in [1.807, 2.05) is 0 Å². The van der Waals surface area contributed by atoms with E-state index >= 15 is 0 Å². The molecule has 1 amide bonds. The van der Waals surface area contributed by atoms with Crippen LogP contribution in [-0.2, 0) is 14.3 Å². The second-order valence-electron chi connectivity index (χ2n) is 4.34. The van der Waals surface area contributed by atoms with E-state index in [9.17, 15) is 14.9 Å². The first-order valence-electron chi connectivity index (χ1n) is 6.01. The summed E-state index contributed by atoms with van der Waals surface area (Å²) in [5, 5.41) is 13.3. The Morgan fingerprint density at radius 3 is 2.62 bits per heavy atom. The minimum absolute atomic E-state index is 0.0204. The Hall–Kier alpha value is -1.41. The molecule has 0 radical (unpaired) electrons. The first-order chi connectivity index (χ1) is 9.99. The summed E-state index contributed by atoms with van der Waals surface area (Å²) in [7, 11) is 0. The molecule has 1 saturated heterocycles. The SMILES string of the molecule is O=C(N[C@@H]1COCO[C@@H]1c1ccc([N+](=O)[O-])cc1)C(Cl)Cl. The number of hydrogen-bond donors (Lipinski definition) is 1. The molecule has 7 nitrogen and oxygen atoms in total. The van der Waals surface area contributed by atoms with Gasteiger partial charge in [-0.2, -0.15) is 0 Å². The molecule has 1 fully saturated rings. The number of nitro benzene ring substituents is 1. The fourth-order valence-electron chi connectivity index (χ4n) is 1.98. The Morgan fingerprint density at radius 2 is 2.05 bits per heavy atom. The summed E-state index contributed by atoms with van der Waals surface area (Å²) in [6, 6.07) is 5.42. The van der Waals surface area contributed by atoms with Crippen molar-refractivity contribution in [2.75, 3.05) is 13.4 Å². The van der Waals surface area contributed by atoms with Crippen molar-refractivity contribution in [3.8, 4) is 0 Å². The van der Waals surface area contributed by atoms with Gasteiger partial charge < -0.3 is 14.8 Å². The fourth-order valence-corrected chi connectivity index (χ4v) is 2.10. The molecular formula is C12H12Cl2N2O5. The number of ether oxygens (including phenoxy) is 2. The maximum absolute atomic E-state index is 11.6. The molecule has 0 bridgehead atoms. The van der Waals surface area contributed by atoms with Crippen LogP contribution < -0.4 is 5.32 Å². The zero-order valence-corrected chi connectivity index (χ0v) is 12.2. The van der Waals surface area contributed by atoms with Gasteiger partial charge in [0.05, 0.1) is 17.6 Å². The minimum Gasteiger partial charge on any atom is -0.353 e. The third kappa shape index (κ3) is 4.04. The number of rotatable bonds is 4. The van der Waals surface area contributed by atoms with E-state index in [1.165, 1.54) is 12.1 Å². The number of carbonyl (C=O) groups is 1. The van der Waals surface area contributed by atoms with Crippen LogP contribution in [0.1, 0.15) is 11.7 Å². The highest BCUT2D eigenvalue weighted by Gasteiger charge is 2.31. The Morgan fingerprint density at radius 1 is 1.38 bits per heavy atom. The fraction of sp³-hybridized carbons (Fsp3) is 0.417. The van der Waals surface area contributed by atoms with Crippen LogP contribution in [-0.4, -0.2) is 35.1 Å².